The fraction of sp³-hybridized carbons (Fsp3) is 0.375. The predicted molar refractivity (Wildman–Crippen MR) is 122 cm³/mol. The summed E-state index contributed by atoms with van der Waals surface area (Å²) in [5.41, 5.74) is 0.844. The van der Waals surface area contributed by atoms with Crippen molar-refractivity contribution in [2.75, 3.05) is 28.2 Å². The van der Waals surface area contributed by atoms with Gasteiger partial charge in [0.15, 0.2) is 0 Å². The number of hydrogen-bond donors (Lipinski definition) is 2. The molecular weight excluding hydrogens is 449 g/mol. The molecule has 2 N–H and O–H groups in total. The molecule has 0 spiro atoms. The van der Waals surface area contributed by atoms with Gasteiger partial charge in [0.2, 0.25) is 11.8 Å². The molecule has 0 saturated carbocycles. The fourth-order valence-corrected chi connectivity index (χ4v) is 4.22. The first-order valence-corrected chi connectivity index (χ1v) is 11.2. The largest absolute Gasteiger partial charge is 0.416 e. The maximum atomic E-state index is 13.0. The van der Waals surface area contributed by atoms with Crippen molar-refractivity contribution in [1.29, 1.82) is 0 Å². The quantitative estimate of drug-likeness (QED) is 0.683. The highest BCUT2D eigenvalue weighted by atomic mass is 19.4. The van der Waals surface area contributed by atoms with E-state index < -0.39 is 23.8 Å². The van der Waals surface area contributed by atoms with Crippen LogP contribution in [-0.4, -0.2) is 37.0 Å². The molecule has 1 atom stereocenters. The molecule has 7 nitrogen and oxygen atoms in total. The summed E-state index contributed by atoms with van der Waals surface area (Å²) in [4.78, 5) is 40.8. The van der Waals surface area contributed by atoms with Gasteiger partial charge in [-0.25, -0.2) is 4.79 Å². The number of carbonyl (C=O) groups is 3. The lowest BCUT2D eigenvalue weighted by atomic mass is 10.0. The molecule has 0 radical (unpaired) electrons. The van der Waals surface area contributed by atoms with Crippen molar-refractivity contribution >= 4 is 34.9 Å². The number of halogens is 3. The summed E-state index contributed by atoms with van der Waals surface area (Å²) in [6.45, 7) is 1.18. The zero-order valence-corrected chi connectivity index (χ0v) is 18.4. The molecule has 0 aliphatic carbocycles. The van der Waals surface area contributed by atoms with E-state index in [-0.39, 0.29) is 17.5 Å². The van der Waals surface area contributed by atoms with E-state index in [1.807, 2.05) is 12.1 Å². The molecule has 0 unspecified atom stereocenters. The van der Waals surface area contributed by atoms with Crippen molar-refractivity contribution in [2.24, 2.45) is 0 Å². The molecule has 0 aromatic heterocycles. The number of hydrogen-bond acceptors (Lipinski definition) is 3. The Labute approximate surface area is 194 Å². The van der Waals surface area contributed by atoms with Crippen molar-refractivity contribution in [1.82, 2.24) is 5.32 Å². The first-order chi connectivity index (χ1) is 16.2. The third-order valence-electron chi connectivity index (χ3n) is 6.01. The van der Waals surface area contributed by atoms with Crippen LogP contribution in [0.1, 0.15) is 37.7 Å². The molecule has 0 bridgehead atoms. The molecule has 4 amide bonds. The standard InChI is InChI=1S/C24H25F3N4O3/c25-24(26,27)16-6-8-17(9-7-16)28-23(34)29-20-4-3-15-31(22(20)33)19-12-10-18(11-13-19)30-14-2-1-5-21(30)32/h6-13,20H,1-5,14-15H2,(H2,28,29,34)/t20-/m1/s1. The Morgan fingerprint density at radius 3 is 2.09 bits per heavy atom. The van der Waals surface area contributed by atoms with Crippen LogP contribution in [0.5, 0.6) is 0 Å². The van der Waals surface area contributed by atoms with Crippen LogP contribution in [0.3, 0.4) is 0 Å². The average Bonchev–Trinajstić information content (AvgIpc) is 2.81. The topological polar surface area (TPSA) is 81.8 Å². The van der Waals surface area contributed by atoms with Gasteiger partial charge in [-0.3, -0.25) is 9.59 Å². The summed E-state index contributed by atoms with van der Waals surface area (Å²) in [5, 5.41) is 5.08. The van der Waals surface area contributed by atoms with Crippen molar-refractivity contribution in [3.05, 3.63) is 54.1 Å². The lowest BCUT2D eigenvalue weighted by molar-refractivity contribution is -0.137. The summed E-state index contributed by atoms with van der Waals surface area (Å²) in [6.07, 6.45) is -0.940. The molecule has 2 aromatic rings. The summed E-state index contributed by atoms with van der Waals surface area (Å²) in [6, 6.07) is 9.87. The van der Waals surface area contributed by atoms with Crippen LogP contribution in [-0.2, 0) is 15.8 Å². The third-order valence-corrected chi connectivity index (χ3v) is 6.01. The SMILES string of the molecule is O=C(Nc1ccc(C(F)(F)F)cc1)N[C@@H]1CCCN(c2ccc(N3CCCCC3=O)cc2)C1=O. The number of amides is 4. The molecule has 10 heteroatoms. The minimum absolute atomic E-state index is 0.0939. The first kappa shape index (κ1) is 23.6. The van der Waals surface area contributed by atoms with Crippen LogP contribution in [0.2, 0.25) is 0 Å². The van der Waals surface area contributed by atoms with E-state index in [0.29, 0.717) is 38.0 Å². The monoisotopic (exact) mass is 474 g/mol. The van der Waals surface area contributed by atoms with E-state index in [4.69, 9.17) is 0 Å². The molecule has 2 heterocycles. The van der Waals surface area contributed by atoms with Gasteiger partial charge in [0, 0.05) is 36.6 Å². The van der Waals surface area contributed by atoms with E-state index in [2.05, 4.69) is 10.6 Å². The number of rotatable bonds is 4. The van der Waals surface area contributed by atoms with Crippen LogP contribution in [0.25, 0.3) is 0 Å². The van der Waals surface area contributed by atoms with E-state index in [0.717, 1.165) is 42.8 Å². The summed E-state index contributed by atoms with van der Waals surface area (Å²) < 4.78 is 38.1. The lowest BCUT2D eigenvalue weighted by Gasteiger charge is -2.33. The molecule has 2 aliphatic heterocycles. The number of nitrogens with one attached hydrogen (secondary N) is 2. The number of carbonyl (C=O) groups excluding carboxylic acids is 3. The fourth-order valence-electron chi connectivity index (χ4n) is 4.22. The van der Waals surface area contributed by atoms with Gasteiger partial charge < -0.3 is 20.4 Å². The van der Waals surface area contributed by atoms with Crippen LogP contribution in [0, 0.1) is 0 Å². The van der Waals surface area contributed by atoms with E-state index in [9.17, 15) is 27.6 Å². The van der Waals surface area contributed by atoms with Crippen molar-refractivity contribution in [2.45, 2.75) is 44.3 Å². The van der Waals surface area contributed by atoms with Crippen LogP contribution < -0.4 is 20.4 Å². The van der Waals surface area contributed by atoms with Gasteiger partial charge in [-0.1, -0.05) is 0 Å². The molecule has 2 aromatic carbocycles. The minimum atomic E-state index is -4.46. The second-order valence-electron chi connectivity index (χ2n) is 8.38. The summed E-state index contributed by atoms with van der Waals surface area (Å²) >= 11 is 0. The molecule has 2 aliphatic rings. The Kier molecular flexibility index (Phi) is 6.76. The van der Waals surface area contributed by atoms with Crippen LogP contribution in [0.15, 0.2) is 48.5 Å². The Morgan fingerprint density at radius 1 is 0.853 bits per heavy atom. The van der Waals surface area contributed by atoms with Gasteiger partial charge >= 0.3 is 12.2 Å². The van der Waals surface area contributed by atoms with Gasteiger partial charge in [-0.2, -0.15) is 13.2 Å². The summed E-state index contributed by atoms with van der Waals surface area (Å²) in [5.74, 6) is -0.174. The Hall–Kier alpha value is -3.56. The van der Waals surface area contributed by atoms with Gasteiger partial charge in [0.1, 0.15) is 6.04 Å². The Bertz CT molecular complexity index is 1050. The minimum Gasteiger partial charge on any atom is -0.326 e. The Balaban J connectivity index is 1.37. The van der Waals surface area contributed by atoms with Crippen molar-refractivity contribution in [3.8, 4) is 0 Å². The third kappa shape index (κ3) is 5.32. The predicted octanol–water partition coefficient (Wildman–Crippen LogP) is 4.54. The first-order valence-electron chi connectivity index (χ1n) is 11.2. The highest BCUT2D eigenvalue weighted by Gasteiger charge is 2.32. The highest BCUT2D eigenvalue weighted by Crippen LogP contribution is 2.30. The van der Waals surface area contributed by atoms with E-state index in [1.54, 1.807) is 21.9 Å². The lowest BCUT2D eigenvalue weighted by Crippen LogP contribution is -2.53. The number of urea groups is 1. The van der Waals surface area contributed by atoms with Gasteiger partial charge in [-0.15, -0.1) is 0 Å². The maximum absolute atomic E-state index is 13.0. The average molecular weight is 474 g/mol. The van der Waals surface area contributed by atoms with Gasteiger partial charge in [-0.05, 0) is 74.2 Å². The van der Waals surface area contributed by atoms with Crippen LogP contribution >= 0.6 is 0 Å². The number of piperidine rings is 2. The summed E-state index contributed by atoms with van der Waals surface area (Å²) in [7, 11) is 0. The van der Waals surface area contributed by atoms with Gasteiger partial charge in [0.05, 0.1) is 5.56 Å². The smallest absolute Gasteiger partial charge is 0.326 e. The van der Waals surface area contributed by atoms with Crippen molar-refractivity contribution < 1.29 is 27.6 Å². The van der Waals surface area contributed by atoms with Crippen molar-refractivity contribution in [3.63, 3.8) is 0 Å². The molecular formula is C24H25F3N4O3. The molecule has 2 saturated heterocycles. The van der Waals surface area contributed by atoms with Gasteiger partial charge in [0.25, 0.3) is 0 Å². The number of anilines is 3. The molecule has 34 heavy (non-hydrogen) atoms. The molecule has 4 rings (SSSR count). The highest BCUT2D eigenvalue weighted by molar-refractivity contribution is 6.01. The molecule has 2 fully saturated rings. The normalized spacial score (nSPS) is 19.2. The molecule has 180 valence electrons. The zero-order valence-electron chi connectivity index (χ0n) is 18.4. The number of benzene rings is 2. The number of alkyl halides is 3. The maximum Gasteiger partial charge on any atom is 0.416 e. The zero-order chi connectivity index (χ0) is 24.3. The second-order valence-corrected chi connectivity index (χ2v) is 8.38. The van der Waals surface area contributed by atoms with Crippen LogP contribution in [0.4, 0.5) is 35.0 Å². The number of nitrogens with zero attached hydrogens (tertiary/aromatic N) is 2. The second kappa shape index (κ2) is 9.74. The van der Waals surface area contributed by atoms with E-state index >= 15 is 0 Å². The van der Waals surface area contributed by atoms with E-state index in [1.165, 1.54) is 0 Å². The Morgan fingerprint density at radius 2 is 1.47 bits per heavy atom.